The van der Waals surface area contributed by atoms with Crippen molar-refractivity contribution in [3.63, 3.8) is 0 Å². The van der Waals surface area contributed by atoms with Crippen LogP contribution in [-0.4, -0.2) is 42.4 Å². The fraction of sp³-hybridized carbons (Fsp3) is 0.429. The molecule has 2 aromatic carbocycles. The molecule has 0 aromatic heterocycles. The lowest BCUT2D eigenvalue weighted by Crippen LogP contribution is -2.51. The van der Waals surface area contributed by atoms with E-state index in [1.54, 1.807) is 12.1 Å². The number of rotatable bonds is 4. The predicted molar refractivity (Wildman–Crippen MR) is 96.5 cm³/mol. The minimum Gasteiger partial charge on any atom is -0.489 e. The molecule has 2 aromatic rings. The van der Waals surface area contributed by atoms with Gasteiger partial charge in [-0.25, -0.2) is 4.39 Å². The SMILES string of the molecule is OC1(CN2CCC[C@H](Oc3ccc(F)cc3)C2)COCc2ccccc21. The molecule has 1 N–H and O–H groups in total. The minimum absolute atomic E-state index is 0.0394. The highest BCUT2D eigenvalue weighted by Gasteiger charge is 2.38. The molecule has 2 heterocycles. The molecule has 4 rings (SSSR count). The number of nitrogens with zero attached hydrogens (tertiary/aromatic N) is 1. The number of piperidine rings is 1. The molecular weight excluding hydrogens is 333 g/mol. The zero-order chi connectivity index (χ0) is 18.0. The number of benzene rings is 2. The molecule has 1 fully saturated rings. The smallest absolute Gasteiger partial charge is 0.126 e. The van der Waals surface area contributed by atoms with E-state index < -0.39 is 5.60 Å². The van der Waals surface area contributed by atoms with Gasteiger partial charge in [0.25, 0.3) is 0 Å². The van der Waals surface area contributed by atoms with Gasteiger partial charge in [-0.2, -0.15) is 0 Å². The first-order chi connectivity index (χ1) is 12.6. The second kappa shape index (κ2) is 7.35. The zero-order valence-corrected chi connectivity index (χ0v) is 14.7. The Kier molecular flexibility index (Phi) is 4.94. The number of likely N-dealkylation sites (tertiary alicyclic amines) is 1. The number of halogens is 1. The number of hydrogen-bond donors (Lipinski definition) is 1. The Balaban J connectivity index is 1.43. The van der Waals surface area contributed by atoms with E-state index in [2.05, 4.69) is 4.90 Å². The molecule has 1 saturated heterocycles. The standard InChI is InChI=1S/C21H24FNO3/c22-17-7-9-18(10-8-17)26-19-5-3-11-23(12-19)14-21(24)15-25-13-16-4-1-2-6-20(16)21/h1-2,4,6-10,19,24H,3,5,11-15H2/t19-,21?/m0/s1. The monoisotopic (exact) mass is 357 g/mol. The van der Waals surface area contributed by atoms with Crippen molar-refractivity contribution >= 4 is 0 Å². The summed E-state index contributed by atoms with van der Waals surface area (Å²) in [7, 11) is 0. The van der Waals surface area contributed by atoms with E-state index in [9.17, 15) is 9.50 Å². The van der Waals surface area contributed by atoms with Crippen LogP contribution in [0.25, 0.3) is 0 Å². The van der Waals surface area contributed by atoms with Gasteiger partial charge < -0.3 is 14.6 Å². The summed E-state index contributed by atoms with van der Waals surface area (Å²) in [6.45, 7) is 3.04. The maximum atomic E-state index is 13.0. The fourth-order valence-electron chi connectivity index (χ4n) is 3.97. The summed E-state index contributed by atoms with van der Waals surface area (Å²) < 4.78 is 24.7. The summed E-state index contributed by atoms with van der Waals surface area (Å²) in [6, 6.07) is 14.1. The van der Waals surface area contributed by atoms with Crippen LogP contribution in [0, 0.1) is 5.82 Å². The highest BCUT2D eigenvalue weighted by Crippen LogP contribution is 2.32. The Morgan fingerprint density at radius 3 is 2.85 bits per heavy atom. The van der Waals surface area contributed by atoms with Crippen LogP contribution in [-0.2, 0) is 16.9 Å². The molecular formula is C21H24FNO3. The molecule has 1 unspecified atom stereocenters. The van der Waals surface area contributed by atoms with Crippen molar-refractivity contribution in [2.24, 2.45) is 0 Å². The van der Waals surface area contributed by atoms with Gasteiger partial charge in [-0.3, -0.25) is 4.90 Å². The molecule has 4 nitrogen and oxygen atoms in total. The molecule has 138 valence electrons. The van der Waals surface area contributed by atoms with Gasteiger partial charge in [0, 0.05) is 13.1 Å². The van der Waals surface area contributed by atoms with E-state index in [4.69, 9.17) is 9.47 Å². The van der Waals surface area contributed by atoms with E-state index in [1.165, 1.54) is 12.1 Å². The minimum atomic E-state index is -0.993. The van der Waals surface area contributed by atoms with Crippen molar-refractivity contribution in [2.75, 3.05) is 26.2 Å². The van der Waals surface area contributed by atoms with Crippen molar-refractivity contribution in [3.8, 4) is 5.75 Å². The van der Waals surface area contributed by atoms with Gasteiger partial charge in [0.2, 0.25) is 0 Å². The lowest BCUT2D eigenvalue weighted by atomic mass is 9.87. The van der Waals surface area contributed by atoms with E-state index in [0.29, 0.717) is 25.5 Å². The van der Waals surface area contributed by atoms with Gasteiger partial charge >= 0.3 is 0 Å². The Morgan fingerprint density at radius 2 is 2.00 bits per heavy atom. The summed E-state index contributed by atoms with van der Waals surface area (Å²) in [5, 5.41) is 11.2. The van der Waals surface area contributed by atoms with E-state index in [1.807, 2.05) is 24.3 Å². The van der Waals surface area contributed by atoms with Gasteiger partial charge in [0.15, 0.2) is 0 Å². The summed E-state index contributed by atoms with van der Waals surface area (Å²) in [6.07, 6.45) is 2.00. The molecule has 0 saturated carbocycles. The average Bonchev–Trinajstić information content (AvgIpc) is 2.64. The number of fused-ring (bicyclic) bond motifs is 1. The molecule has 0 bridgehead atoms. The molecule has 2 aliphatic rings. The topological polar surface area (TPSA) is 41.9 Å². The third-order valence-electron chi connectivity index (χ3n) is 5.18. The average molecular weight is 357 g/mol. The highest BCUT2D eigenvalue weighted by atomic mass is 19.1. The van der Waals surface area contributed by atoms with Crippen LogP contribution in [0.3, 0.4) is 0 Å². The molecule has 2 aliphatic heterocycles. The van der Waals surface area contributed by atoms with Crippen LogP contribution < -0.4 is 4.74 Å². The van der Waals surface area contributed by atoms with Crippen LogP contribution in [0.1, 0.15) is 24.0 Å². The molecule has 5 heteroatoms. The summed E-state index contributed by atoms with van der Waals surface area (Å²) in [5.41, 5.74) is 1.03. The lowest BCUT2D eigenvalue weighted by molar-refractivity contribution is -0.0957. The zero-order valence-electron chi connectivity index (χ0n) is 14.7. The first-order valence-electron chi connectivity index (χ1n) is 9.15. The van der Waals surface area contributed by atoms with Gasteiger partial charge in [-0.1, -0.05) is 24.3 Å². The van der Waals surface area contributed by atoms with Gasteiger partial charge in [-0.15, -0.1) is 0 Å². The fourth-order valence-corrected chi connectivity index (χ4v) is 3.97. The van der Waals surface area contributed by atoms with Crippen molar-refractivity contribution in [1.82, 2.24) is 4.90 Å². The Labute approximate surface area is 153 Å². The largest absolute Gasteiger partial charge is 0.489 e. The van der Waals surface area contributed by atoms with Gasteiger partial charge in [-0.05, 0) is 54.8 Å². The third kappa shape index (κ3) is 3.75. The van der Waals surface area contributed by atoms with E-state index in [-0.39, 0.29) is 11.9 Å². The normalized spacial score (nSPS) is 26.3. The number of ether oxygens (including phenoxy) is 2. The van der Waals surface area contributed by atoms with E-state index >= 15 is 0 Å². The van der Waals surface area contributed by atoms with Crippen LogP contribution in [0.5, 0.6) is 5.75 Å². The van der Waals surface area contributed by atoms with Crippen molar-refractivity contribution in [1.29, 1.82) is 0 Å². The lowest BCUT2D eigenvalue weighted by Gasteiger charge is -2.41. The number of β-amino-alcohol motifs (C(OH)–C–C–N with tert-alkyl or cyclic N) is 1. The quantitative estimate of drug-likeness (QED) is 0.913. The van der Waals surface area contributed by atoms with Gasteiger partial charge in [0.1, 0.15) is 23.3 Å². The number of hydrogen-bond acceptors (Lipinski definition) is 4. The summed E-state index contributed by atoms with van der Waals surface area (Å²) in [5.74, 6) is 0.420. The second-order valence-corrected chi connectivity index (χ2v) is 7.25. The second-order valence-electron chi connectivity index (χ2n) is 7.25. The Bertz CT molecular complexity index is 751. The molecule has 0 spiro atoms. The third-order valence-corrected chi connectivity index (χ3v) is 5.18. The first kappa shape index (κ1) is 17.5. The van der Waals surface area contributed by atoms with E-state index in [0.717, 1.165) is 37.1 Å². The predicted octanol–water partition coefficient (Wildman–Crippen LogP) is 3.09. The molecule has 0 radical (unpaired) electrons. The van der Waals surface area contributed by atoms with Crippen LogP contribution in [0.4, 0.5) is 4.39 Å². The summed E-state index contributed by atoms with van der Waals surface area (Å²) >= 11 is 0. The molecule has 2 atom stereocenters. The van der Waals surface area contributed by atoms with Crippen LogP contribution in [0.15, 0.2) is 48.5 Å². The van der Waals surface area contributed by atoms with Crippen molar-refractivity contribution in [3.05, 3.63) is 65.5 Å². The van der Waals surface area contributed by atoms with Gasteiger partial charge in [0.05, 0.1) is 13.2 Å². The Morgan fingerprint density at radius 1 is 1.19 bits per heavy atom. The maximum absolute atomic E-state index is 13.0. The summed E-state index contributed by atoms with van der Waals surface area (Å²) in [4.78, 5) is 2.24. The molecule has 0 aliphatic carbocycles. The van der Waals surface area contributed by atoms with Crippen LogP contribution in [0.2, 0.25) is 0 Å². The molecule has 0 amide bonds. The van der Waals surface area contributed by atoms with Crippen LogP contribution >= 0.6 is 0 Å². The maximum Gasteiger partial charge on any atom is 0.126 e. The van der Waals surface area contributed by atoms with Crippen molar-refractivity contribution < 1.29 is 19.0 Å². The Hall–Kier alpha value is -1.95. The van der Waals surface area contributed by atoms with Crippen molar-refractivity contribution in [2.45, 2.75) is 31.2 Å². The first-order valence-corrected chi connectivity index (χ1v) is 9.15. The highest BCUT2D eigenvalue weighted by molar-refractivity contribution is 5.34. The number of aliphatic hydroxyl groups is 1. The molecule has 26 heavy (non-hydrogen) atoms.